The highest BCUT2D eigenvalue weighted by atomic mass is 79.9. The SMILES string of the molecule is O=C(O)COc1ccc(SCCCC(=O)c2ccc(Br)cc2)c2c1CCCC2. The van der Waals surface area contributed by atoms with Gasteiger partial charge in [0.05, 0.1) is 0 Å². The minimum Gasteiger partial charge on any atom is -0.482 e. The summed E-state index contributed by atoms with van der Waals surface area (Å²) < 4.78 is 6.45. The number of carbonyl (C=O) groups excluding carboxylic acids is 1. The van der Waals surface area contributed by atoms with E-state index in [4.69, 9.17) is 9.84 Å². The molecule has 0 unspecified atom stereocenters. The van der Waals surface area contributed by atoms with E-state index < -0.39 is 5.97 Å². The number of ether oxygens (including phenoxy) is 1. The fraction of sp³-hybridized carbons (Fsp3) is 0.364. The van der Waals surface area contributed by atoms with E-state index in [9.17, 15) is 9.59 Å². The molecule has 0 radical (unpaired) electrons. The van der Waals surface area contributed by atoms with Crippen LogP contribution < -0.4 is 4.74 Å². The number of carbonyl (C=O) groups is 2. The predicted octanol–water partition coefficient (Wildman–Crippen LogP) is 5.55. The number of rotatable bonds is 9. The second-order valence-electron chi connectivity index (χ2n) is 6.79. The van der Waals surface area contributed by atoms with Gasteiger partial charge in [0.1, 0.15) is 5.75 Å². The predicted molar refractivity (Wildman–Crippen MR) is 115 cm³/mol. The minimum absolute atomic E-state index is 0.174. The summed E-state index contributed by atoms with van der Waals surface area (Å²) in [4.78, 5) is 24.3. The van der Waals surface area contributed by atoms with Crippen LogP contribution in [0.2, 0.25) is 0 Å². The summed E-state index contributed by atoms with van der Waals surface area (Å²) in [5.41, 5.74) is 3.20. The molecule has 1 aliphatic carbocycles. The van der Waals surface area contributed by atoms with Crippen LogP contribution in [0.3, 0.4) is 0 Å². The summed E-state index contributed by atoms with van der Waals surface area (Å²) >= 11 is 5.16. The van der Waals surface area contributed by atoms with E-state index in [1.807, 2.05) is 36.4 Å². The van der Waals surface area contributed by atoms with Gasteiger partial charge < -0.3 is 9.84 Å². The molecule has 148 valence electrons. The van der Waals surface area contributed by atoms with Crippen molar-refractivity contribution in [1.29, 1.82) is 0 Å². The van der Waals surface area contributed by atoms with Crippen molar-refractivity contribution in [1.82, 2.24) is 0 Å². The zero-order valence-corrected chi connectivity index (χ0v) is 18.0. The summed E-state index contributed by atoms with van der Waals surface area (Å²) in [7, 11) is 0. The van der Waals surface area contributed by atoms with E-state index in [0.717, 1.165) is 53.5 Å². The normalized spacial score (nSPS) is 13.0. The van der Waals surface area contributed by atoms with Crippen LogP contribution in [0.5, 0.6) is 5.75 Å². The van der Waals surface area contributed by atoms with Crippen molar-refractivity contribution in [3.8, 4) is 5.75 Å². The number of halogens is 1. The van der Waals surface area contributed by atoms with Gasteiger partial charge >= 0.3 is 5.97 Å². The number of aliphatic carboxylic acids is 1. The maximum absolute atomic E-state index is 12.3. The molecule has 0 amide bonds. The molecule has 1 N–H and O–H groups in total. The van der Waals surface area contributed by atoms with E-state index >= 15 is 0 Å². The van der Waals surface area contributed by atoms with Crippen molar-refractivity contribution in [2.45, 2.75) is 43.4 Å². The summed E-state index contributed by atoms with van der Waals surface area (Å²) in [5.74, 6) is 0.794. The first-order valence-corrected chi connectivity index (χ1v) is 11.2. The van der Waals surface area contributed by atoms with Crippen molar-refractivity contribution in [3.63, 3.8) is 0 Å². The Morgan fingerprint density at radius 1 is 1.04 bits per heavy atom. The number of benzene rings is 2. The Morgan fingerprint density at radius 3 is 2.46 bits per heavy atom. The Morgan fingerprint density at radius 2 is 1.75 bits per heavy atom. The van der Waals surface area contributed by atoms with Crippen molar-refractivity contribution in [2.24, 2.45) is 0 Å². The lowest BCUT2D eigenvalue weighted by Crippen LogP contribution is -2.13. The van der Waals surface area contributed by atoms with E-state index in [-0.39, 0.29) is 12.4 Å². The number of hydrogen-bond acceptors (Lipinski definition) is 4. The van der Waals surface area contributed by atoms with Gasteiger partial charge in [-0.2, -0.15) is 0 Å². The van der Waals surface area contributed by atoms with Gasteiger partial charge in [-0.25, -0.2) is 4.79 Å². The van der Waals surface area contributed by atoms with Crippen molar-refractivity contribution in [2.75, 3.05) is 12.4 Å². The third kappa shape index (κ3) is 5.61. The Hall–Kier alpha value is -1.79. The second-order valence-corrected chi connectivity index (χ2v) is 8.84. The highest BCUT2D eigenvalue weighted by Crippen LogP contribution is 2.37. The van der Waals surface area contributed by atoms with Gasteiger partial charge in [-0.15, -0.1) is 11.8 Å². The monoisotopic (exact) mass is 462 g/mol. The zero-order valence-electron chi connectivity index (χ0n) is 15.6. The number of ketones is 1. The number of fused-ring (bicyclic) bond motifs is 1. The molecule has 0 aliphatic heterocycles. The molecule has 0 atom stereocenters. The van der Waals surface area contributed by atoms with Crippen LogP contribution >= 0.6 is 27.7 Å². The first kappa shape index (κ1) is 20.9. The lowest BCUT2D eigenvalue weighted by atomic mass is 9.91. The molecule has 6 heteroatoms. The third-order valence-corrected chi connectivity index (χ3v) is 6.49. The molecule has 0 spiro atoms. The molecule has 0 fully saturated rings. The van der Waals surface area contributed by atoms with Gasteiger partial charge in [0, 0.05) is 21.4 Å². The van der Waals surface area contributed by atoms with Gasteiger partial charge in [-0.05, 0) is 73.2 Å². The highest BCUT2D eigenvalue weighted by molar-refractivity contribution is 9.10. The van der Waals surface area contributed by atoms with Crippen LogP contribution in [0, 0.1) is 0 Å². The molecule has 0 saturated carbocycles. The summed E-state index contributed by atoms with van der Waals surface area (Å²) in [6, 6.07) is 11.4. The molecule has 4 nitrogen and oxygen atoms in total. The topological polar surface area (TPSA) is 63.6 Å². The standard InChI is InChI=1S/C22H23BrO4S/c23-16-9-7-15(8-10-16)19(24)6-3-13-28-21-12-11-20(27-14-22(25)26)17-4-1-2-5-18(17)21/h7-12H,1-6,13-14H2,(H,25,26). The quantitative estimate of drug-likeness (QED) is 0.300. The highest BCUT2D eigenvalue weighted by Gasteiger charge is 2.19. The first-order chi connectivity index (χ1) is 13.5. The average molecular weight is 463 g/mol. The van der Waals surface area contributed by atoms with Gasteiger partial charge in [-0.3, -0.25) is 4.79 Å². The number of Topliss-reactive ketones (excluding diaryl/α,β-unsaturated/α-hetero) is 1. The Labute approximate surface area is 177 Å². The summed E-state index contributed by atoms with van der Waals surface area (Å²) in [5, 5.41) is 8.86. The molecule has 3 rings (SSSR count). The molecule has 0 saturated heterocycles. The molecule has 0 bridgehead atoms. The fourth-order valence-electron chi connectivity index (χ4n) is 3.41. The summed E-state index contributed by atoms with van der Waals surface area (Å²) in [6.07, 6.45) is 5.54. The number of carboxylic acid groups (broad SMARTS) is 1. The van der Waals surface area contributed by atoms with Crippen molar-refractivity contribution >= 4 is 39.4 Å². The lowest BCUT2D eigenvalue weighted by molar-refractivity contribution is -0.139. The Balaban J connectivity index is 1.57. The van der Waals surface area contributed by atoms with E-state index in [1.54, 1.807) is 11.8 Å². The van der Waals surface area contributed by atoms with E-state index in [2.05, 4.69) is 15.9 Å². The van der Waals surface area contributed by atoms with Crippen LogP contribution in [0.1, 0.15) is 47.2 Å². The van der Waals surface area contributed by atoms with Crippen LogP contribution in [-0.4, -0.2) is 29.2 Å². The lowest BCUT2D eigenvalue weighted by Gasteiger charge is -2.22. The average Bonchev–Trinajstić information content (AvgIpc) is 2.70. The first-order valence-electron chi connectivity index (χ1n) is 9.45. The maximum Gasteiger partial charge on any atom is 0.341 e. The fourth-order valence-corrected chi connectivity index (χ4v) is 4.74. The third-order valence-electron chi connectivity index (χ3n) is 4.77. The molecule has 0 heterocycles. The van der Waals surface area contributed by atoms with Crippen LogP contribution in [0.15, 0.2) is 45.8 Å². The van der Waals surface area contributed by atoms with Crippen LogP contribution in [-0.2, 0) is 17.6 Å². The molecule has 2 aromatic carbocycles. The van der Waals surface area contributed by atoms with Crippen molar-refractivity contribution in [3.05, 3.63) is 57.6 Å². The Bertz CT molecular complexity index is 848. The van der Waals surface area contributed by atoms with Crippen LogP contribution in [0.25, 0.3) is 0 Å². The van der Waals surface area contributed by atoms with Crippen LogP contribution in [0.4, 0.5) is 0 Å². The summed E-state index contributed by atoms with van der Waals surface area (Å²) in [6.45, 7) is -0.308. The van der Waals surface area contributed by atoms with E-state index in [1.165, 1.54) is 10.5 Å². The van der Waals surface area contributed by atoms with Gasteiger partial charge in [0.25, 0.3) is 0 Å². The minimum atomic E-state index is -0.960. The molecular formula is C22H23BrO4S. The molecular weight excluding hydrogens is 440 g/mol. The smallest absolute Gasteiger partial charge is 0.341 e. The number of thioether (sulfide) groups is 1. The number of carboxylic acids is 1. The number of hydrogen-bond donors (Lipinski definition) is 1. The van der Waals surface area contributed by atoms with Crippen molar-refractivity contribution < 1.29 is 19.4 Å². The molecule has 0 aromatic heterocycles. The largest absolute Gasteiger partial charge is 0.482 e. The van der Waals surface area contributed by atoms with Gasteiger partial charge in [-0.1, -0.05) is 28.1 Å². The maximum atomic E-state index is 12.3. The zero-order chi connectivity index (χ0) is 19.9. The molecule has 2 aromatic rings. The van der Waals surface area contributed by atoms with E-state index in [0.29, 0.717) is 12.2 Å². The molecule has 1 aliphatic rings. The molecule has 28 heavy (non-hydrogen) atoms. The second kappa shape index (κ2) is 10.1. The van der Waals surface area contributed by atoms with Gasteiger partial charge in [0.15, 0.2) is 12.4 Å². The Kier molecular flexibility index (Phi) is 7.57. The van der Waals surface area contributed by atoms with Gasteiger partial charge in [0.2, 0.25) is 0 Å².